The standard InChI is InChI=1S/C21H17N3O3S/c25-18-11-13(22-21-24(18)9-10-28-21)12-27-20(26)19-14-5-1-3-7-16(14)23-17-8-4-2-6-15(17)19/h1,3,5,7,9-11H,2,4,6,8,12H2. The minimum Gasteiger partial charge on any atom is -0.456 e. The highest BCUT2D eigenvalue weighted by molar-refractivity contribution is 7.15. The third-order valence-electron chi connectivity index (χ3n) is 5.08. The zero-order chi connectivity index (χ0) is 19.1. The number of thiazole rings is 1. The summed E-state index contributed by atoms with van der Waals surface area (Å²) in [6, 6.07) is 9.08. The fourth-order valence-corrected chi connectivity index (χ4v) is 4.52. The molecule has 0 unspecified atom stereocenters. The molecule has 0 spiro atoms. The van der Waals surface area contributed by atoms with Gasteiger partial charge in [-0.15, -0.1) is 11.3 Å². The van der Waals surface area contributed by atoms with Gasteiger partial charge in [0.1, 0.15) is 6.61 Å². The molecule has 1 aliphatic carbocycles. The van der Waals surface area contributed by atoms with Crippen LogP contribution in [0.25, 0.3) is 15.9 Å². The summed E-state index contributed by atoms with van der Waals surface area (Å²) in [4.78, 5) is 34.9. The molecule has 6 nitrogen and oxygen atoms in total. The van der Waals surface area contributed by atoms with Gasteiger partial charge in [-0.25, -0.2) is 9.78 Å². The van der Waals surface area contributed by atoms with Gasteiger partial charge in [0.15, 0.2) is 4.96 Å². The van der Waals surface area contributed by atoms with Gasteiger partial charge in [0.25, 0.3) is 5.56 Å². The van der Waals surface area contributed by atoms with E-state index in [4.69, 9.17) is 9.72 Å². The van der Waals surface area contributed by atoms with Crippen LogP contribution < -0.4 is 5.56 Å². The highest BCUT2D eigenvalue weighted by atomic mass is 32.1. The van der Waals surface area contributed by atoms with Crippen molar-refractivity contribution in [3.05, 3.63) is 74.8 Å². The molecule has 0 N–H and O–H groups in total. The van der Waals surface area contributed by atoms with Gasteiger partial charge in [0, 0.05) is 28.7 Å². The lowest BCUT2D eigenvalue weighted by molar-refractivity contribution is 0.0468. The van der Waals surface area contributed by atoms with Crippen molar-refractivity contribution >= 4 is 33.2 Å². The highest BCUT2D eigenvalue weighted by Crippen LogP contribution is 2.30. The number of carbonyl (C=O) groups excluding carboxylic acids is 1. The largest absolute Gasteiger partial charge is 0.456 e. The van der Waals surface area contributed by atoms with Crippen LogP contribution in [0.4, 0.5) is 0 Å². The number of aryl methyl sites for hydroxylation is 1. The predicted molar refractivity (Wildman–Crippen MR) is 107 cm³/mol. The van der Waals surface area contributed by atoms with Crippen LogP contribution in [0.1, 0.15) is 40.2 Å². The first-order valence-electron chi connectivity index (χ1n) is 9.24. The topological polar surface area (TPSA) is 73.6 Å². The van der Waals surface area contributed by atoms with Gasteiger partial charge in [-0.05, 0) is 37.3 Å². The van der Waals surface area contributed by atoms with Crippen LogP contribution in [0.3, 0.4) is 0 Å². The quantitative estimate of drug-likeness (QED) is 0.500. The molecule has 3 aromatic heterocycles. The van der Waals surface area contributed by atoms with E-state index in [1.165, 1.54) is 21.8 Å². The summed E-state index contributed by atoms with van der Waals surface area (Å²) in [5, 5.41) is 2.62. The summed E-state index contributed by atoms with van der Waals surface area (Å²) < 4.78 is 7.07. The Balaban J connectivity index is 1.51. The van der Waals surface area contributed by atoms with Crippen LogP contribution in [0.15, 0.2) is 46.7 Å². The maximum atomic E-state index is 13.0. The fourth-order valence-electron chi connectivity index (χ4n) is 3.78. The Morgan fingerprint density at radius 1 is 1.18 bits per heavy atom. The molecule has 1 aromatic carbocycles. The van der Waals surface area contributed by atoms with Crippen molar-refractivity contribution in [1.82, 2.24) is 14.4 Å². The summed E-state index contributed by atoms with van der Waals surface area (Å²) in [6.07, 6.45) is 5.52. The Labute approximate surface area is 164 Å². The average Bonchev–Trinajstić information content (AvgIpc) is 3.19. The SMILES string of the molecule is O=C(OCc1cc(=O)n2ccsc2n1)c1c2c(nc3ccccc13)CCCC2. The number of carbonyl (C=O) groups is 1. The lowest BCUT2D eigenvalue weighted by Crippen LogP contribution is -2.17. The van der Waals surface area contributed by atoms with Crippen LogP contribution in [0, 0.1) is 0 Å². The van der Waals surface area contributed by atoms with E-state index in [0.29, 0.717) is 16.2 Å². The van der Waals surface area contributed by atoms with Gasteiger partial charge in [-0.3, -0.25) is 14.2 Å². The molecule has 1 aliphatic rings. The maximum absolute atomic E-state index is 13.0. The third-order valence-corrected chi connectivity index (χ3v) is 5.84. The zero-order valence-corrected chi connectivity index (χ0v) is 15.9. The van der Waals surface area contributed by atoms with E-state index in [2.05, 4.69) is 4.98 Å². The van der Waals surface area contributed by atoms with E-state index < -0.39 is 0 Å². The highest BCUT2D eigenvalue weighted by Gasteiger charge is 2.23. The average molecular weight is 391 g/mol. The molecule has 5 rings (SSSR count). The second-order valence-electron chi connectivity index (χ2n) is 6.85. The molecule has 4 aromatic rings. The number of esters is 1. The molecule has 0 saturated carbocycles. The van der Waals surface area contributed by atoms with Gasteiger partial charge < -0.3 is 4.74 Å². The summed E-state index contributed by atoms with van der Waals surface area (Å²) in [6.45, 7) is -0.0338. The number of hydrogen-bond donors (Lipinski definition) is 0. The molecule has 0 bridgehead atoms. The van der Waals surface area contributed by atoms with Crippen LogP contribution in [-0.2, 0) is 24.2 Å². The second kappa shape index (κ2) is 6.83. The molecule has 3 heterocycles. The number of nitrogens with zero attached hydrogens (tertiary/aromatic N) is 3. The Hall–Kier alpha value is -3.06. The zero-order valence-electron chi connectivity index (χ0n) is 15.1. The summed E-state index contributed by atoms with van der Waals surface area (Å²) in [5.74, 6) is -0.384. The number of para-hydroxylation sites is 1. The minimum absolute atomic E-state index is 0.0338. The first-order valence-corrected chi connectivity index (χ1v) is 10.1. The number of ether oxygens (including phenoxy) is 1. The van der Waals surface area contributed by atoms with Crippen molar-refractivity contribution in [3.8, 4) is 0 Å². The van der Waals surface area contributed by atoms with Crippen molar-refractivity contribution in [2.75, 3.05) is 0 Å². The minimum atomic E-state index is -0.384. The lowest BCUT2D eigenvalue weighted by atomic mass is 9.90. The van der Waals surface area contributed by atoms with Crippen LogP contribution in [0.2, 0.25) is 0 Å². The number of aromatic nitrogens is 3. The second-order valence-corrected chi connectivity index (χ2v) is 7.73. The van der Waals surface area contributed by atoms with Crippen molar-refractivity contribution in [2.45, 2.75) is 32.3 Å². The lowest BCUT2D eigenvalue weighted by Gasteiger charge is -2.19. The molecule has 140 valence electrons. The van der Waals surface area contributed by atoms with Crippen molar-refractivity contribution in [2.24, 2.45) is 0 Å². The van der Waals surface area contributed by atoms with Crippen LogP contribution in [0.5, 0.6) is 0 Å². The van der Waals surface area contributed by atoms with E-state index in [0.717, 1.165) is 47.8 Å². The molecule has 0 fully saturated rings. The van der Waals surface area contributed by atoms with E-state index in [9.17, 15) is 9.59 Å². The molecule has 7 heteroatoms. The molecule has 0 atom stereocenters. The number of hydrogen-bond acceptors (Lipinski definition) is 6. The fraction of sp³-hybridized carbons (Fsp3) is 0.238. The summed E-state index contributed by atoms with van der Waals surface area (Å²) in [5.41, 5.74) is 3.68. The monoisotopic (exact) mass is 391 g/mol. The molecule has 0 radical (unpaired) electrons. The molecule has 0 amide bonds. The Kier molecular flexibility index (Phi) is 4.16. The number of pyridine rings is 1. The molecule has 0 aliphatic heterocycles. The van der Waals surface area contributed by atoms with E-state index in [1.54, 1.807) is 11.6 Å². The summed E-state index contributed by atoms with van der Waals surface area (Å²) in [7, 11) is 0. The normalized spacial score (nSPS) is 13.6. The smallest absolute Gasteiger partial charge is 0.339 e. The summed E-state index contributed by atoms with van der Waals surface area (Å²) >= 11 is 1.37. The molecule has 0 saturated heterocycles. The van der Waals surface area contributed by atoms with Crippen molar-refractivity contribution in [1.29, 1.82) is 0 Å². The Bertz CT molecular complexity index is 1280. The number of benzene rings is 1. The van der Waals surface area contributed by atoms with Gasteiger partial charge >= 0.3 is 5.97 Å². The first kappa shape index (κ1) is 17.1. The third kappa shape index (κ3) is 2.88. The number of rotatable bonds is 3. The first-order chi connectivity index (χ1) is 13.7. The number of fused-ring (bicyclic) bond motifs is 3. The van der Waals surface area contributed by atoms with Gasteiger partial charge in [0.05, 0.1) is 16.8 Å². The van der Waals surface area contributed by atoms with Gasteiger partial charge in [0.2, 0.25) is 0 Å². The molecule has 28 heavy (non-hydrogen) atoms. The Morgan fingerprint density at radius 3 is 2.96 bits per heavy atom. The Morgan fingerprint density at radius 2 is 2.04 bits per heavy atom. The van der Waals surface area contributed by atoms with E-state index in [-0.39, 0.29) is 18.1 Å². The van der Waals surface area contributed by atoms with E-state index in [1.807, 2.05) is 24.3 Å². The molecular formula is C21H17N3O3S. The molecular weight excluding hydrogens is 374 g/mol. The van der Waals surface area contributed by atoms with Gasteiger partial charge in [-0.2, -0.15) is 0 Å². The maximum Gasteiger partial charge on any atom is 0.339 e. The van der Waals surface area contributed by atoms with Crippen molar-refractivity contribution < 1.29 is 9.53 Å². The van der Waals surface area contributed by atoms with Gasteiger partial charge in [-0.1, -0.05) is 18.2 Å². The predicted octanol–water partition coefficient (Wildman–Crippen LogP) is 3.54. The van der Waals surface area contributed by atoms with Crippen LogP contribution >= 0.6 is 11.3 Å². The van der Waals surface area contributed by atoms with Crippen LogP contribution in [-0.4, -0.2) is 20.3 Å². The van der Waals surface area contributed by atoms with Crippen molar-refractivity contribution in [3.63, 3.8) is 0 Å². The van der Waals surface area contributed by atoms with E-state index >= 15 is 0 Å².